The first-order valence-electron chi connectivity index (χ1n) is 6.42. The van der Waals surface area contributed by atoms with Gasteiger partial charge in [0.1, 0.15) is 0 Å². The van der Waals surface area contributed by atoms with Gasteiger partial charge in [0.15, 0.2) is 0 Å². The summed E-state index contributed by atoms with van der Waals surface area (Å²) in [6.45, 7) is 2.76. The van der Waals surface area contributed by atoms with Crippen LogP contribution in [0.3, 0.4) is 0 Å². The van der Waals surface area contributed by atoms with E-state index in [0.29, 0.717) is 30.8 Å². The Morgan fingerprint density at radius 1 is 1.45 bits per heavy atom. The van der Waals surface area contributed by atoms with Gasteiger partial charge in [0.25, 0.3) is 5.91 Å². The molecule has 0 fully saturated rings. The van der Waals surface area contributed by atoms with Crippen LogP contribution in [0.15, 0.2) is 18.2 Å². The SMILES string of the molecule is Cc1ccc(C(=O)NCCCS(C)=O)cc1C#CCN. The molecule has 1 amide bonds. The summed E-state index contributed by atoms with van der Waals surface area (Å²) in [5, 5.41) is 2.81. The zero-order valence-corrected chi connectivity index (χ0v) is 12.7. The molecule has 0 heterocycles. The van der Waals surface area contributed by atoms with Gasteiger partial charge in [0.2, 0.25) is 0 Å². The molecule has 5 heteroatoms. The molecule has 1 rings (SSSR count). The second-order valence-corrected chi connectivity index (χ2v) is 5.98. The van der Waals surface area contributed by atoms with Crippen molar-refractivity contribution in [2.75, 3.05) is 25.1 Å². The fraction of sp³-hybridized carbons (Fsp3) is 0.400. The van der Waals surface area contributed by atoms with Crippen LogP contribution in [0, 0.1) is 18.8 Å². The maximum absolute atomic E-state index is 12.0. The van der Waals surface area contributed by atoms with Crippen molar-refractivity contribution < 1.29 is 9.00 Å². The van der Waals surface area contributed by atoms with Gasteiger partial charge in [-0.1, -0.05) is 17.9 Å². The molecule has 0 spiro atoms. The van der Waals surface area contributed by atoms with Crippen LogP contribution < -0.4 is 11.1 Å². The summed E-state index contributed by atoms with van der Waals surface area (Å²) >= 11 is 0. The molecule has 0 aliphatic heterocycles. The number of nitrogens with two attached hydrogens (primary N) is 1. The largest absolute Gasteiger partial charge is 0.352 e. The fourth-order valence-corrected chi connectivity index (χ4v) is 2.17. The van der Waals surface area contributed by atoms with Crippen molar-refractivity contribution in [3.8, 4) is 11.8 Å². The monoisotopic (exact) mass is 292 g/mol. The van der Waals surface area contributed by atoms with Crippen molar-refractivity contribution in [3.05, 3.63) is 34.9 Å². The predicted octanol–water partition coefficient (Wildman–Crippen LogP) is 0.804. The van der Waals surface area contributed by atoms with Crippen molar-refractivity contribution in [1.29, 1.82) is 0 Å². The molecule has 1 atom stereocenters. The summed E-state index contributed by atoms with van der Waals surface area (Å²) in [7, 11) is -0.817. The van der Waals surface area contributed by atoms with Gasteiger partial charge < -0.3 is 11.1 Å². The van der Waals surface area contributed by atoms with E-state index >= 15 is 0 Å². The summed E-state index contributed by atoms with van der Waals surface area (Å²) in [4.78, 5) is 12.0. The number of benzene rings is 1. The summed E-state index contributed by atoms with van der Waals surface area (Å²) in [5.41, 5.74) is 7.77. The first kappa shape index (κ1) is 16.4. The number of aryl methyl sites for hydroxylation is 1. The smallest absolute Gasteiger partial charge is 0.251 e. The van der Waals surface area contributed by atoms with E-state index in [1.807, 2.05) is 13.0 Å². The van der Waals surface area contributed by atoms with E-state index in [0.717, 1.165) is 11.1 Å². The van der Waals surface area contributed by atoms with Gasteiger partial charge in [-0.15, -0.1) is 0 Å². The third-order valence-corrected chi connectivity index (χ3v) is 3.58. The minimum Gasteiger partial charge on any atom is -0.352 e. The van der Waals surface area contributed by atoms with E-state index in [9.17, 15) is 9.00 Å². The van der Waals surface area contributed by atoms with E-state index < -0.39 is 10.8 Å². The van der Waals surface area contributed by atoms with E-state index in [2.05, 4.69) is 17.2 Å². The molecular formula is C15H20N2O2S. The number of carbonyl (C=O) groups excluding carboxylic acids is 1. The number of carbonyl (C=O) groups is 1. The molecule has 0 aromatic heterocycles. The highest BCUT2D eigenvalue weighted by Gasteiger charge is 2.06. The van der Waals surface area contributed by atoms with Gasteiger partial charge >= 0.3 is 0 Å². The van der Waals surface area contributed by atoms with E-state index in [-0.39, 0.29) is 5.91 Å². The highest BCUT2D eigenvalue weighted by molar-refractivity contribution is 7.84. The van der Waals surface area contributed by atoms with Crippen LogP contribution in [0.4, 0.5) is 0 Å². The number of hydrogen-bond acceptors (Lipinski definition) is 3. The quantitative estimate of drug-likeness (QED) is 0.623. The molecule has 0 radical (unpaired) electrons. The van der Waals surface area contributed by atoms with Crippen molar-refractivity contribution in [1.82, 2.24) is 5.32 Å². The maximum atomic E-state index is 12.0. The molecule has 0 saturated carbocycles. The van der Waals surface area contributed by atoms with Crippen LogP contribution >= 0.6 is 0 Å². The zero-order chi connectivity index (χ0) is 15.0. The molecule has 3 N–H and O–H groups in total. The lowest BCUT2D eigenvalue weighted by Crippen LogP contribution is -2.25. The summed E-state index contributed by atoms with van der Waals surface area (Å²) < 4.78 is 10.9. The van der Waals surface area contributed by atoms with E-state index in [4.69, 9.17) is 5.73 Å². The second-order valence-electron chi connectivity index (χ2n) is 4.42. The lowest BCUT2D eigenvalue weighted by molar-refractivity contribution is 0.0953. The first-order valence-corrected chi connectivity index (χ1v) is 8.15. The Morgan fingerprint density at radius 3 is 2.85 bits per heavy atom. The number of nitrogens with one attached hydrogen (secondary N) is 1. The Labute approximate surface area is 122 Å². The number of rotatable bonds is 5. The van der Waals surface area contributed by atoms with Crippen molar-refractivity contribution in [2.24, 2.45) is 5.73 Å². The molecule has 0 saturated heterocycles. The maximum Gasteiger partial charge on any atom is 0.251 e. The highest BCUT2D eigenvalue weighted by Crippen LogP contribution is 2.10. The van der Waals surface area contributed by atoms with Crippen molar-refractivity contribution >= 4 is 16.7 Å². The Morgan fingerprint density at radius 2 is 2.20 bits per heavy atom. The van der Waals surface area contributed by atoms with Gasteiger partial charge in [-0.3, -0.25) is 9.00 Å². The lowest BCUT2D eigenvalue weighted by atomic mass is 10.0. The number of amides is 1. The zero-order valence-electron chi connectivity index (χ0n) is 11.9. The Balaban J connectivity index is 2.66. The molecular weight excluding hydrogens is 272 g/mol. The van der Waals surface area contributed by atoms with Crippen LogP contribution in [0.25, 0.3) is 0 Å². The predicted molar refractivity (Wildman–Crippen MR) is 83.0 cm³/mol. The van der Waals surface area contributed by atoms with Gasteiger partial charge in [-0.2, -0.15) is 0 Å². The number of hydrogen-bond donors (Lipinski definition) is 2. The van der Waals surface area contributed by atoms with Crippen LogP contribution in [0.5, 0.6) is 0 Å². The van der Waals surface area contributed by atoms with Crippen LogP contribution in [0.1, 0.15) is 27.9 Å². The third kappa shape index (κ3) is 5.55. The Kier molecular flexibility index (Phi) is 6.99. The summed E-state index contributed by atoms with van der Waals surface area (Å²) in [5.74, 6) is 6.21. The Bertz CT molecular complexity index is 559. The molecule has 0 aliphatic carbocycles. The molecule has 108 valence electrons. The van der Waals surface area contributed by atoms with E-state index in [1.54, 1.807) is 18.4 Å². The van der Waals surface area contributed by atoms with Gasteiger partial charge in [0.05, 0.1) is 6.54 Å². The molecule has 0 bridgehead atoms. The molecule has 1 aromatic carbocycles. The standard InChI is InChI=1S/C15H20N2O2S/c1-12-6-7-14(11-13(12)5-3-8-16)15(18)17-9-4-10-20(2)19/h6-7,11H,4,8-10,16H2,1-2H3,(H,17,18). The molecule has 20 heavy (non-hydrogen) atoms. The third-order valence-electron chi connectivity index (χ3n) is 2.72. The molecule has 0 aliphatic rings. The van der Waals surface area contributed by atoms with Crippen LogP contribution in [-0.2, 0) is 10.8 Å². The van der Waals surface area contributed by atoms with Crippen molar-refractivity contribution in [3.63, 3.8) is 0 Å². The average molecular weight is 292 g/mol. The lowest BCUT2D eigenvalue weighted by Gasteiger charge is -2.06. The van der Waals surface area contributed by atoms with Crippen LogP contribution in [-0.4, -0.2) is 35.2 Å². The van der Waals surface area contributed by atoms with Gasteiger partial charge in [0, 0.05) is 40.5 Å². The highest BCUT2D eigenvalue weighted by atomic mass is 32.2. The first-order chi connectivity index (χ1) is 9.54. The minimum absolute atomic E-state index is 0.136. The summed E-state index contributed by atoms with van der Waals surface area (Å²) in [6.07, 6.45) is 2.37. The van der Waals surface area contributed by atoms with Gasteiger partial charge in [-0.05, 0) is 31.0 Å². The normalized spacial score (nSPS) is 11.3. The molecule has 1 unspecified atom stereocenters. The van der Waals surface area contributed by atoms with Gasteiger partial charge in [-0.25, -0.2) is 0 Å². The van der Waals surface area contributed by atoms with Crippen molar-refractivity contribution in [2.45, 2.75) is 13.3 Å². The summed E-state index contributed by atoms with van der Waals surface area (Å²) in [6, 6.07) is 5.41. The Hall–Kier alpha value is -1.64. The fourth-order valence-electron chi connectivity index (χ4n) is 1.62. The second kappa shape index (κ2) is 8.51. The topological polar surface area (TPSA) is 72.2 Å². The van der Waals surface area contributed by atoms with Crippen LogP contribution in [0.2, 0.25) is 0 Å². The minimum atomic E-state index is -0.817. The molecule has 1 aromatic rings. The molecule has 4 nitrogen and oxygen atoms in total. The van der Waals surface area contributed by atoms with E-state index in [1.165, 1.54) is 0 Å². The average Bonchev–Trinajstić information content (AvgIpc) is 2.42.